The van der Waals surface area contributed by atoms with Crippen molar-refractivity contribution in [3.05, 3.63) is 76.2 Å². The molecule has 3 saturated heterocycles. The lowest BCUT2D eigenvalue weighted by atomic mass is 9.93. The third-order valence-electron chi connectivity index (χ3n) is 12.9. The molecular formula is C42H44ClN9O6. The highest BCUT2D eigenvalue weighted by Crippen LogP contribution is 2.43. The van der Waals surface area contributed by atoms with Crippen molar-refractivity contribution in [1.29, 1.82) is 5.26 Å². The van der Waals surface area contributed by atoms with Crippen molar-refractivity contribution in [3.63, 3.8) is 0 Å². The fourth-order valence-electron chi connectivity index (χ4n) is 9.79. The Labute approximate surface area is 340 Å². The van der Waals surface area contributed by atoms with Crippen LogP contribution in [0.4, 0.5) is 11.5 Å². The Balaban J connectivity index is 0.717. The number of fused-ring (bicyclic) bond motifs is 2. The molecule has 0 radical (unpaired) electrons. The Bertz CT molecular complexity index is 2180. The van der Waals surface area contributed by atoms with Gasteiger partial charge in [-0.2, -0.15) is 5.26 Å². The number of anilines is 2. The number of halogens is 1. The predicted molar refractivity (Wildman–Crippen MR) is 211 cm³/mol. The van der Waals surface area contributed by atoms with Gasteiger partial charge in [-0.05, 0) is 87.1 Å². The number of piperazine rings is 1. The van der Waals surface area contributed by atoms with Gasteiger partial charge in [0.15, 0.2) is 0 Å². The molecule has 2 aromatic carbocycles. The number of imide groups is 2. The molecule has 300 valence electrons. The number of ether oxygens (including phenoxy) is 1. The average Bonchev–Trinajstić information content (AvgIpc) is 3.89. The first-order valence-corrected chi connectivity index (χ1v) is 20.6. The standard InChI is InChI=1S/C42H44ClN9O6/c43-34-18-31(5-1-24(34)19-44)58-30-6-2-27(3-7-30)47-39(54)35-20-46-37(21-45-35)50-13-11-49(12-14-50)29-15-25-22-51(23-26(25)16-29)28-4-8-32-33(17-28)42(57)52(41(32)56)36-9-10-38(53)48-40(36)55/h1,4-5,8,17-18,20-21,25-27,29-30,36H,2-3,6-7,9-16,22-23H2,(H,47,54)(H,48,53,55)/t25-,26?,27-,29-,30-,36?/m1/s1. The molecule has 1 aromatic heterocycles. The third kappa shape index (κ3) is 7.35. The van der Waals surface area contributed by atoms with Crippen molar-refractivity contribution in [2.75, 3.05) is 49.1 Å². The SMILES string of the molecule is N#Cc1ccc(O[C@H]2CC[C@H](NC(=O)c3cnc(N4CCN([C@H]5CC6CN(c7ccc8c(c7)C(=O)N(C7CCC(=O)NC7=O)C8=O)C[C@H]6C5)CC4)cn3)CC2)cc1Cl. The molecule has 0 spiro atoms. The lowest BCUT2D eigenvalue weighted by Gasteiger charge is -2.39. The monoisotopic (exact) mass is 805 g/mol. The van der Waals surface area contributed by atoms with E-state index in [1.54, 1.807) is 42.7 Å². The van der Waals surface area contributed by atoms with E-state index in [-0.39, 0.29) is 30.9 Å². The van der Waals surface area contributed by atoms with Crippen LogP contribution in [0.1, 0.15) is 88.1 Å². The Morgan fingerprint density at radius 3 is 2.28 bits per heavy atom. The first-order valence-electron chi connectivity index (χ1n) is 20.2. The van der Waals surface area contributed by atoms with Crippen molar-refractivity contribution in [1.82, 2.24) is 30.4 Å². The fourth-order valence-corrected chi connectivity index (χ4v) is 10.00. The molecule has 15 nitrogen and oxygen atoms in total. The van der Waals surface area contributed by atoms with Crippen molar-refractivity contribution < 1.29 is 28.7 Å². The molecule has 4 aliphatic heterocycles. The summed E-state index contributed by atoms with van der Waals surface area (Å²) in [6.07, 6.45) is 8.87. The summed E-state index contributed by atoms with van der Waals surface area (Å²) in [4.78, 5) is 80.9. The van der Waals surface area contributed by atoms with Gasteiger partial charge in [0, 0.05) is 69.5 Å². The van der Waals surface area contributed by atoms with Crippen molar-refractivity contribution >= 4 is 52.6 Å². The van der Waals surface area contributed by atoms with Crippen LogP contribution in [0.15, 0.2) is 48.8 Å². The lowest BCUT2D eigenvalue weighted by molar-refractivity contribution is -0.136. The van der Waals surface area contributed by atoms with E-state index in [0.29, 0.717) is 51.0 Å². The summed E-state index contributed by atoms with van der Waals surface area (Å²) in [5, 5.41) is 14.8. The van der Waals surface area contributed by atoms with Crippen LogP contribution in [0.2, 0.25) is 5.02 Å². The minimum absolute atomic E-state index is 0.0181. The summed E-state index contributed by atoms with van der Waals surface area (Å²) in [6.45, 7) is 5.28. The fraction of sp³-hybridized carbons (Fsp3) is 0.476. The molecule has 0 bridgehead atoms. The van der Waals surface area contributed by atoms with Gasteiger partial charge in [-0.3, -0.25) is 39.1 Å². The number of hydrogen-bond acceptors (Lipinski definition) is 12. The van der Waals surface area contributed by atoms with Gasteiger partial charge in [0.25, 0.3) is 17.7 Å². The molecule has 3 aromatic rings. The number of carbonyl (C=O) groups excluding carboxylic acids is 5. The Morgan fingerprint density at radius 2 is 1.60 bits per heavy atom. The molecule has 16 heteroatoms. The molecule has 2 unspecified atom stereocenters. The highest BCUT2D eigenvalue weighted by Gasteiger charge is 2.46. The van der Waals surface area contributed by atoms with Crippen LogP contribution in [0.3, 0.4) is 0 Å². The van der Waals surface area contributed by atoms with Gasteiger partial charge >= 0.3 is 0 Å². The quantitative estimate of drug-likeness (QED) is 0.317. The van der Waals surface area contributed by atoms with E-state index in [1.807, 2.05) is 6.07 Å². The number of aromatic nitrogens is 2. The van der Waals surface area contributed by atoms with Crippen LogP contribution < -0.4 is 25.2 Å². The summed E-state index contributed by atoms with van der Waals surface area (Å²) in [6, 6.07) is 12.1. The zero-order valence-electron chi connectivity index (χ0n) is 31.9. The first-order chi connectivity index (χ1) is 28.1. The van der Waals surface area contributed by atoms with Crippen LogP contribution in [0, 0.1) is 23.2 Å². The van der Waals surface area contributed by atoms with E-state index in [1.165, 1.54) is 0 Å². The smallest absolute Gasteiger partial charge is 0.271 e. The van der Waals surface area contributed by atoms with E-state index in [2.05, 4.69) is 41.4 Å². The first kappa shape index (κ1) is 38.0. The zero-order valence-corrected chi connectivity index (χ0v) is 32.7. The predicted octanol–water partition coefficient (Wildman–Crippen LogP) is 3.56. The molecule has 6 aliphatic rings. The average molecular weight is 806 g/mol. The number of amides is 5. The maximum absolute atomic E-state index is 13.4. The van der Waals surface area contributed by atoms with E-state index in [9.17, 15) is 24.0 Å². The van der Waals surface area contributed by atoms with Crippen LogP contribution >= 0.6 is 11.6 Å². The van der Waals surface area contributed by atoms with Gasteiger partial charge in [0.05, 0.1) is 40.2 Å². The van der Waals surface area contributed by atoms with Crippen LogP contribution in [-0.2, 0) is 9.59 Å². The number of nitrogens with one attached hydrogen (secondary N) is 2. The second-order valence-electron chi connectivity index (χ2n) is 16.3. The summed E-state index contributed by atoms with van der Waals surface area (Å²) in [5.74, 6) is 0.293. The number of carbonyl (C=O) groups is 5. The Kier molecular flexibility index (Phi) is 10.2. The highest BCUT2D eigenvalue weighted by molar-refractivity contribution is 6.31. The highest BCUT2D eigenvalue weighted by atomic mass is 35.5. The molecule has 5 heterocycles. The minimum Gasteiger partial charge on any atom is -0.490 e. The third-order valence-corrected chi connectivity index (χ3v) is 13.2. The Morgan fingerprint density at radius 1 is 0.862 bits per heavy atom. The van der Waals surface area contributed by atoms with Gasteiger partial charge in [-0.15, -0.1) is 0 Å². The molecule has 5 amide bonds. The largest absolute Gasteiger partial charge is 0.490 e. The normalized spacial score (nSPS) is 27.3. The number of rotatable bonds is 8. The minimum atomic E-state index is -0.973. The van der Waals surface area contributed by atoms with Gasteiger partial charge < -0.3 is 19.9 Å². The Hall–Kier alpha value is -5.59. The molecule has 2 saturated carbocycles. The molecule has 5 fully saturated rings. The number of benzene rings is 2. The number of hydrogen-bond donors (Lipinski definition) is 2. The van der Waals surface area contributed by atoms with Crippen LogP contribution in [0.5, 0.6) is 5.75 Å². The van der Waals surface area contributed by atoms with Crippen molar-refractivity contribution in [2.24, 2.45) is 11.8 Å². The topological polar surface area (TPSA) is 181 Å². The van der Waals surface area contributed by atoms with Gasteiger partial charge in [-0.25, -0.2) is 9.97 Å². The molecule has 58 heavy (non-hydrogen) atoms. The zero-order chi connectivity index (χ0) is 40.1. The second kappa shape index (κ2) is 15.6. The second-order valence-corrected chi connectivity index (χ2v) is 16.7. The van der Waals surface area contributed by atoms with Crippen molar-refractivity contribution in [2.45, 2.75) is 75.6 Å². The van der Waals surface area contributed by atoms with Gasteiger partial charge in [-0.1, -0.05) is 11.6 Å². The van der Waals surface area contributed by atoms with E-state index in [4.69, 9.17) is 21.6 Å². The maximum atomic E-state index is 13.4. The molecule has 2 aliphatic carbocycles. The summed E-state index contributed by atoms with van der Waals surface area (Å²) in [5.41, 5.74) is 2.24. The number of piperidine rings is 1. The lowest BCUT2D eigenvalue weighted by Crippen LogP contribution is -2.54. The van der Waals surface area contributed by atoms with Gasteiger partial charge in [0.1, 0.15) is 29.4 Å². The van der Waals surface area contributed by atoms with Crippen LogP contribution in [0.25, 0.3) is 0 Å². The van der Waals surface area contributed by atoms with Crippen molar-refractivity contribution in [3.8, 4) is 11.8 Å². The molecule has 4 atom stereocenters. The van der Waals surface area contributed by atoms with E-state index >= 15 is 0 Å². The molecule has 9 rings (SSSR count). The summed E-state index contributed by atoms with van der Waals surface area (Å²) in [7, 11) is 0. The van der Waals surface area contributed by atoms with Crippen LogP contribution in [-0.4, -0.2) is 113 Å². The summed E-state index contributed by atoms with van der Waals surface area (Å²) >= 11 is 6.15. The van der Waals surface area contributed by atoms with E-state index < -0.39 is 29.7 Å². The molecular weight excluding hydrogens is 762 g/mol. The molecule has 2 N–H and O–H groups in total. The maximum Gasteiger partial charge on any atom is 0.271 e. The number of nitriles is 1. The number of nitrogens with zero attached hydrogens (tertiary/aromatic N) is 7. The van der Waals surface area contributed by atoms with Gasteiger partial charge in [0.2, 0.25) is 11.8 Å². The van der Waals surface area contributed by atoms with E-state index in [0.717, 1.165) is 94.2 Å². The summed E-state index contributed by atoms with van der Waals surface area (Å²) < 4.78 is 6.08.